The number of hydrogen-bond acceptors (Lipinski definition) is 4. The first-order chi connectivity index (χ1) is 11.2. The molecule has 23 heavy (non-hydrogen) atoms. The van der Waals surface area contributed by atoms with E-state index in [2.05, 4.69) is 22.2 Å². The van der Waals surface area contributed by atoms with Crippen LogP contribution in [0.3, 0.4) is 0 Å². The highest BCUT2D eigenvalue weighted by molar-refractivity contribution is 6.05. The number of carbonyl (C=O) groups excluding carboxylic acids is 1. The minimum absolute atomic E-state index is 0.112. The number of benzene rings is 1. The highest BCUT2D eigenvalue weighted by Gasteiger charge is 2.18. The van der Waals surface area contributed by atoms with Crippen molar-refractivity contribution >= 4 is 17.4 Å². The van der Waals surface area contributed by atoms with Crippen molar-refractivity contribution in [1.82, 2.24) is 9.97 Å². The van der Waals surface area contributed by atoms with E-state index >= 15 is 0 Å². The van der Waals surface area contributed by atoms with E-state index in [4.69, 9.17) is 0 Å². The van der Waals surface area contributed by atoms with Gasteiger partial charge in [-0.2, -0.15) is 0 Å². The Hall–Kier alpha value is -2.43. The molecule has 0 spiro atoms. The monoisotopic (exact) mass is 312 g/mol. The van der Waals surface area contributed by atoms with Crippen LogP contribution in [-0.4, -0.2) is 29.0 Å². The van der Waals surface area contributed by atoms with Crippen LogP contribution in [0.5, 0.6) is 0 Å². The van der Waals surface area contributed by atoms with E-state index in [9.17, 15) is 4.79 Å². The van der Waals surface area contributed by atoms with Gasteiger partial charge in [0.2, 0.25) is 0 Å². The average Bonchev–Trinajstić information content (AvgIpc) is 2.56. The Balaban J connectivity index is 2.19. The van der Waals surface area contributed by atoms with Gasteiger partial charge >= 0.3 is 0 Å². The molecule has 1 aromatic heterocycles. The van der Waals surface area contributed by atoms with Crippen molar-refractivity contribution in [2.45, 2.75) is 33.6 Å². The number of nitrogens with zero attached hydrogens (tertiary/aromatic N) is 3. The summed E-state index contributed by atoms with van der Waals surface area (Å²) in [6, 6.07) is 9.63. The van der Waals surface area contributed by atoms with Crippen molar-refractivity contribution in [1.29, 1.82) is 0 Å². The second-order valence-corrected chi connectivity index (χ2v) is 5.46. The summed E-state index contributed by atoms with van der Waals surface area (Å²) in [4.78, 5) is 22.8. The standard InChI is InChI=1S/C18H24N4O/c1-4-6-10-19-17-12-16(20-13-21-17)18(23)22(5-2)15-9-7-8-14(3)11-15/h7-9,11-13H,4-6,10H2,1-3H3,(H,19,20,21). The van der Waals surface area contributed by atoms with Gasteiger partial charge in [0.1, 0.15) is 17.8 Å². The predicted octanol–water partition coefficient (Wildman–Crippen LogP) is 3.66. The number of amides is 1. The Morgan fingerprint density at radius 3 is 2.74 bits per heavy atom. The summed E-state index contributed by atoms with van der Waals surface area (Å²) in [6.45, 7) is 7.54. The molecule has 0 bridgehead atoms. The lowest BCUT2D eigenvalue weighted by Gasteiger charge is -2.21. The zero-order valence-corrected chi connectivity index (χ0v) is 14.0. The fraction of sp³-hybridized carbons (Fsp3) is 0.389. The van der Waals surface area contributed by atoms with Gasteiger partial charge in [-0.3, -0.25) is 4.79 Å². The fourth-order valence-corrected chi connectivity index (χ4v) is 2.34. The molecule has 0 aliphatic rings. The zero-order chi connectivity index (χ0) is 16.7. The number of carbonyl (C=O) groups is 1. The van der Waals surface area contributed by atoms with E-state index in [1.807, 2.05) is 38.1 Å². The molecule has 0 unspecified atom stereocenters. The number of rotatable bonds is 7. The van der Waals surface area contributed by atoms with Crippen LogP contribution in [0.2, 0.25) is 0 Å². The SMILES string of the molecule is CCCCNc1cc(C(=O)N(CC)c2cccc(C)c2)ncn1. The van der Waals surface area contributed by atoms with Crippen LogP contribution in [0.4, 0.5) is 11.5 Å². The van der Waals surface area contributed by atoms with Gasteiger partial charge < -0.3 is 10.2 Å². The van der Waals surface area contributed by atoms with Gasteiger partial charge in [-0.15, -0.1) is 0 Å². The van der Waals surface area contributed by atoms with E-state index in [0.717, 1.165) is 30.6 Å². The third-order valence-electron chi connectivity index (χ3n) is 3.60. The molecule has 5 heteroatoms. The molecular weight excluding hydrogens is 288 g/mol. The zero-order valence-electron chi connectivity index (χ0n) is 14.0. The van der Waals surface area contributed by atoms with Gasteiger partial charge in [0.25, 0.3) is 5.91 Å². The Kier molecular flexibility index (Phi) is 6.09. The number of unbranched alkanes of at least 4 members (excludes halogenated alkanes) is 1. The van der Waals surface area contributed by atoms with Crippen molar-refractivity contribution in [3.05, 3.63) is 47.9 Å². The Labute approximate surface area is 137 Å². The maximum atomic E-state index is 12.8. The van der Waals surface area contributed by atoms with Crippen molar-refractivity contribution in [3.63, 3.8) is 0 Å². The van der Waals surface area contributed by atoms with Crippen LogP contribution in [0.1, 0.15) is 42.7 Å². The molecule has 2 aromatic rings. The molecule has 0 radical (unpaired) electrons. The number of anilines is 2. The topological polar surface area (TPSA) is 58.1 Å². The van der Waals surface area contributed by atoms with Crippen LogP contribution in [0.25, 0.3) is 0 Å². The minimum Gasteiger partial charge on any atom is -0.370 e. The molecule has 0 aliphatic carbocycles. The van der Waals surface area contributed by atoms with Gasteiger partial charge in [0, 0.05) is 24.8 Å². The van der Waals surface area contributed by atoms with E-state index in [1.165, 1.54) is 6.33 Å². The largest absolute Gasteiger partial charge is 0.370 e. The third-order valence-corrected chi connectivity index (χ3v) is 3.60. The first-order valence-electron chi connectivity index (χ1n) is 8.10. The summed E-state index contributed by atoms with van der Waals surface area (Å²) in [5.74, 6) is 0.580. The smallest absolute Gasteiger partial charge is 0.277 e. The van der Waals surface area contributed by atoms with E-state index in [0.29, 0.717) is 18.1 Å². The molecule has 0 saturated heterocycles. The summed E-state index contributed by atoms with van der Waals surface area (Å²) in [5.41, 5.74) is 2.41. The molecule has 2 rings (SSSR count). The molecule has 0 atom stereocenters. The second kappa shape index (κ2) is 8.27. The lowest BCUT2D eigenvalue weighted by Crippen LogP contribution is -2.31. The molecule has 1 N–H and O–H groups in total. The fourth-order valence-electron chi connectivity index (χ4n) is 2.34. The summed E-state index contributed by atoms with van der Waals surface area (Å²) in [5, 5.41) is 3.22. The lowest BCUT2D eigenvalue weighted by atomic mass is 10.2. The number of nitrogens with one attached hydrogen (secondary N) is 1. The Morgan fingerprint density at radius 1 is 1.22 bits per heavy atom. The first kappa shape index (κ1) is 16.9. The van der Waals surface area contributed by atoms with Crippen LogP contribution in [-0.2, 0) is 0 Å². The van der Waals surface area contributed by atoms with Crippen molar-refractivity contribution in [3.8, 4) is 0 Å². The molecule has 1 heterocycles. The molecule has 1 aromatic carbocycles. The maximum absolute atomic E-state index is 12.8. The number of aryl methyl sites for hydroxylation is 1. The third kappa shape index (κ3) is 4.52. The van der Waals surface area contributed by atoms with Gasteiger partial charge in [-0.05, 0) is 38.0 Å². The summed E-state index contributed by atoms with van der Waals surface area (Å²) in [6.07, 6.45) is 3.62. The average molecular weight is 312 g/mol. The number of aromatic nitrogens is 2. The minimum atomic E-state index is -0.112. The predicted molar refractivity (Wildman–Crippen MR) is 94.0 cm³/mol. The van der Waals surface area contributed by atoms with Crippen LogP contribution in [0.15, 0.2) is 36.7 Å². The van der Waals surface area contributed by atoms with Gasteiger partial charge in [0.15, 0.2) is 0 Å². The summed E-state index contributed by atoms with van der Waals surface area (Å²) >= 11 is 0. The highest BCUT2D eigenvalue weighted by atomic mass is 16.2. The summed E-state index contributed by atoms with van der Waals surface area (Å²) in [7, 11) is 0. The Bertz CT molecular complexity index is 657. The molecule has 0 saturated carbocycles. The first-order valence-corrected chi connectivity index (χ1v) is 8.10. The quantitative estimate of drug-likeness (QED) is 0.793. The van der Waals surface area contributed by atoms with Gasteiger partial charge in [0.05, 0.1) is 0 Å². The molecule has 0 fully saturated rings. The van der Waals surface area contributed by atoms with Crippen LogP contribution >= 0.6 is 0 Å². The van der Waals surface area contributed by atoms with Crippen molar-refractivity contribution < 1.29 is 4.79 Å². The van der Waals surface area contributed by atoms with Crippen LogP contribution in [0, 0.1) is 6.92 Å². The maximum Gasteiger partial charge on any atom is 0.277 e. The lowest BCUT2D eigenvalue weighted by molar-refractivity contribution is 0.0983. The summed E-state index contributed by atoms with van der Waals surface area (Å²) < 4.78 is 0. The van der Waals surface area contributed by atoms with E-state index in [1.54, 1.807) is 11.0 Å². The normalized spacial score (nSPS) is 10.4. The van der Waals surface area contributed by atoms with Crippen molar-refractivity contribution in [2.24, 2.45) is 0 Å². The van der Waals surface area contributed by atoms with E-state index in [-0.39, 0.29) is 5.91 Å². The van der Waals surface area contributed by atoms with E-state index < -0.39 is 0 Å². The van der Waals surface area contributed by atoms with Crippen LogP contribution < -0.4 is 10.2 Å². The molecule has 0 aliphatic heterocycles. The second-order valence-electron chi connectivity index (χ2n) is 5.46. The molecule has 5 nitrogen and oxygen atoms in total. The van der Waals surface area contributed by atoms with Crippen molar-refractivity contribution in [2.75, 3.05) is 23.3 Å². The van der Waals surface area contributed by atoms with Gasteiger partial charge in [-0.25, -0.2) is 9.97 Å². The number of hydrogen-bond donors (Lipinski definition) is 1. The molecular formula is C18H24N4O. The van der Waals surface area contributed by atoms with Gasteiger partial charge in [-0.1, -0.05) is 25.5 Å². The highest BCUT2D eigenvalue weighted by Crippen LogP contribution is 2.18. The Morgan fingerprint density at radius 2 is 2.04 bits per heavy atom. The molecule has 1 amide bonds. The molecule has 122 valence electrons.